The van der Waals surface area contributed by atoms with Crippen molar-refractivity contribution in [3.05, 3.63) is 23.9 Å². The molecule has 0 heterocycles. The van der Waals surface area contributed by atoms with Gasteiger partial charge in [-0.15, -0.1) is 0 Å². The van der Waals surface area contributed by atoms with Gasteiger partial charge in [-0.05, 0) is 19.4 Å². The molecule has 0 aromatic rings. The van der Waals surface area contributed by atoms with E-state index in [0.717, 1.165) is 6.42 Å². The molecule has 0 aliphatic carbocycles. The van der Waals surface area contributed by atoms with Crippen LogP contribution in [0.25, 0.3) is 0 Å². The number of rotatable bonds is 4. The lowest BCUT2D eigenvalue weighted by Crippen LogP contribution is -2.20. The first-order chi connectivity index (χ1) is 5.57. The fourth-order valence-electron chi connectivity index (χ4n) is 0.774. The maximum atomic E-state index is 10.7. The zero-order chi connectivity index (χ0) is 9.56. The Balaban J connectivity index is 4.11. The van der Waals surface area contributed by atoms with Gasteiger partial charge < -0.3 is 11.5 Å². The zero-order valence-corrected chi connectivity index (χ0v) is 7.58. The Morgan fingerprint density at radius 1 is 1.50 bits per heavy atom. The first-order valence-electron chi connectivity index (χ1n) is 3.97. The van der Waals surface area contributed by atoms with Crippen LogP contribution in [0.4, 0.5) is 0 Å². The van der Waals surface area contributed by atoms with Gasteiger partial charge in [-0.3, -0.25) is 4.79 Å². The smallest absolute Gasteiger partial charge is 0.224 e. The highest BCUT2D eigenvalue weighted by molar-refractivity contribution is 5.78. The molecule has 0 aliphatic rings. The fourth-order valence-corrected chi connectivity index (χ4v) is 0.774. The first-order valence-corrected chi connectivity index (χ1v) is 3.97. The van der Waals surface area contributed by atoms with Crippen molar-refractivity contribution in [2.75, 3.05) is 0 Å². The van der Waals surface area contributed by atoms with E-state index < -0.39 is 0 Å². The highest BCUT2D eigenvalue weighted by atomic mass is 16.1. The van der Waals surface area contributed by atoms with Gasteiger partial charge in [-0.25, -0.2) is 0 Å². The maximum Gasteiger partial charge on any atom is 0.224 e. The van der Waals surface area contributed by atoms with E-state index in [-0.39, 0.29) is 11.8 Å². The molecule has 0 saturated carbocycles. The summed E-state index contributed by atoms with van der Waals surface area (Å²) in [6.07, 6.45) is 5.99. The van der Waals surface area contributed by atoms with Crippen LogP contribution < -0.4 is 11.5 Å². The van der Waals surface area contributed by atoms with E-state index in [9.17, 15) is 4.79 Å². The Labute approximate surface area is 73.1 Å². The highest BCUT2D eigenvalue weighted by Gasteiger charge is 2.06. The predicted molar refractivity (Wildman–Crippen MR) is 50.1 cm³/mol. The van der Waals surface area contributed by atoms with Crippen LogP contribution in [0.2, 0.25) is 0 Å². The van der Waals surface area contributed by atoms with Gasteiger partial charge in [0.15, 0.2) is 0 Å². The third-order valence-electron chi connectivity index (χ3n) is 1.51. The summed E-state index contributed by atoms with van der Waals surface area (Å²) in [4.78, 5) is 10.7. The van der Waals surface area contributed by atoms with Crippen molar-refractivity contribution in [2.45, 2.75) is 20.3 Å². The Morgan fingerprint density at radius 3 is 2.42 bits per heavy atom. The Bertz CT molecular complexity index is 203. The number of nitrogens with two attached hydrogens (primary N) is 2. The molecular weight excluding hydrogens is 152 g/mol. The number of primary amides is 1. The van der Waals surface area contributed by atoms with E-state index in [4.69, 9.17) is 11.5 Å². The fraction of sp³-hybridized carbons (Fsp3) is 0.444. The van der Waals surface area contributed by atoms with E-state index in [2.05, 4.69) is 0 Å². The summed E-state index contributed by atoms with van der Waals surface area (Å²) >= 11 is 0. The van der Waals surface area contributed by atoms with Gasteiger partial charge in [0.25, 0.3) is 0 Å². The van der Waals surface area contributed by atoms with Crippen LogP contribution in [0.1, 0.15) is 20.3 Å². The summed E-state index contributed by atoms with van der Waals surface area (Å²) in [6.45, 7) is 3.70. The molecule has 1 unspecified atom stereocenters. The van der Waals surface area contributed by atoms with Crippen molar-refractivity contribution in [1.82, 2.24) is 0 Å². The SMILES string of the molecule is CCC(/C=C\C=C(\C)N)C(N)=O. The first kappa shape index (κ1) is 10.8. The molecular formula is C9H16N2O. The van der Waals surface area contributed by atoms with Gasteiger partial charge in [0.05, 0.1) is 5.92 Å². The second-order valence-electron chi connectivity index (χ2n) is 2.71. The minimum absolute atomic E-state index is 0.180. The van der Waals surface area contributed by atoms with Crippen molar-refractivity contribution >= 4 is 5.91 Å². The van der Waals surface area contributed by atoms with Gasteiger partial charge in [0.1, 0.15) is 0 Å². The van der Waals surface area contributed by atoms with Crippen LogP contribution in [0.15, 0.2) is 23.9 Å². The molecule has 68 valence electrons. The van der Waals surface area contributed by atoms with Crippen LogP contribution in [0.5, 0.6) is 0 Å². The lowest BCUT2D eigenvalue weighted by molar-refractivity contribution is -0.120. The van der Waals surface area contributed by atoms with Crippen molar-refractivity contribution in [3.63, 3.8) is 0 Å². The monoisotopic (exact) mass is 168 g/mol. The predicted octanol–water partition coefficient (Wildman–Crippen LogP) is 0.917. The third kappa shape index (κ3) is 4.55. The van der Waals surface area contributed by atoms with Crippen LogP contribution in [-0.2, 0) is 4.79 Å². The van der Waals surface area contributed by atoms with Crippen LogP contribution in [0, 0.1) is 5.92 Å². The topological polar surface area (TPSA) is 69.1 Å². The normalized spacial score (nSPS) is 15.0. The summed E-state index contributed by atoms with van der Waals surface area (Å²) in [5.41, 5.74) is 11.2. The molecule has 0 bridgehead atoms. The Morgan fingerprint density at radius 2 is 2.08 bits per heavy atom. The van der Waals surface area contributed by atoms with Crippen molar-refractivity contribution in [1.29, 1.82) is 0 Å². The van der Waals surface area contributed by atoms with Crippen LogP contribution in [-0.4, -0.2) is 5.91 Å². The number of carbonyl (C=O) groups excluding carboxylic acids is 1. The van der Waals surface area contributed by atoms with E-state index in [1.807, 2.05) is 6.92 Å². The highest BCUT2D eigenvalue weighted by Crippen LogP contribution is 2.03. The number of hydrogen-bond acceptors (Lipinski definition) is 2. The van der Waals surface area contributed by atoms with Gasteiger partial charge in [0.2, 0.25) is 5.91 Å². The molecule has 4 N–H and O–H groups in total. The number of hydrogen-bond donors (Lipinski definition) is 2. The van der Waals surface area contributed by atoms with Crippen LogP contribution in [0.3, 0.4) is 0 Å². The van der Waals surface area contributed by atoms with E-state index in [0.29, 0.717) is 5.70 Å². The molecule has 3 nitrogen and oxygen atoms in total. The molecule has 0 fully saturated rings. The van der Waals surface area contributed by atoms with Crippen molar-refractivity contribution < 1.29 is 4.79 Å². The quantitative estimate of drug-likeness (QED) is 0.613. The summed E-state index contributed by atoms with van der Waals surface area (Å²) in [5.74, 6) is -0.475. The van der Waals surface area contributed by atoms with E-state index >= 15 is 0 Å². The summed E-state index contributed by atoms with van der Waals surface area (Å²) < 4.78 is 0. The second kappa shape index (κ2) is 5.41. The average molecular weight is 168 g/mol. The van der Waals surface area contributed by atoms with Gasteiger partial charge in [0, 0.05) is 5.70 Å². The molecule has 0 spiro atoms. The molecule has 0 aliphatic heterocycles. The number of carbonyl (C=O) groups is 1. The molecule has 0 radical (unpaired) electrons. The zero-order valence-electron chi connectivity index (χ0n) is 7.58. The van der Waals surface area contributed by atoms with Crippen molar-refractivity contribution in [2.24, 2.45) is 17.4 Å². The van der Waals surface area contributed by atoms with E-state index in [1.54, 1.807) is 25.2 Å². The van der Waals surface area contributed by atoms with Gasteiger partial charge in [-0.2, -0.15) is 0 Å². The lowest BCUT2D eigenvalue weighted by Gasteiger charge is -2.02. The largest absolute Gasteiger partial charge is 0.402 e. The number of amides is 1. The molecule has 12 heavy (non-hydrogen) atoms. The minimum atomic E-state index is -0.295. The van der Waals surface area contributed by atoms with Gasteiger partial charge >= 0.3 is 0 Å². The third-order valence-corrected chi connectivity index (χ3v) is 1.51. The summed E-state index contributed by atoms with van der Waals surface area (Å²) in [7, 11) is 0. The average Bonchev–Trinajstić information content (AvgIpc) is 1.96. The molecule has 0 aromatic heterocycles. The molecule has 1 amide bonds. The number of allylic oxidation sites excluding steroid dienone is 3. The van der Waals surface area contributed by atoms with Crippen molar-refractivity contribution in [3.8, 4) is 0 Å². The Kier molecular flexibility index (Phi) is 4.84. The maximum absolute atomic E-state index is 10.7. The summed E-state index contributed by atoms with van der Waals surface area (Å²) in [6, 6.07) is 0. The van der Waals surface area contributed by atoms with E-state index in [1.165, 1.54) is 0 Å². The molecule has 0 saturated heterocycles. The molecule has 3 heteroatoms. The molecule has 0 aromatic carbocycles. The molecule has 0 rings (SSSR count). The molecule has 1 atom stereocenters. The Hall–Kier alpha value is -1.25. The van der Waals surface area contributed by atoms with Crippen LogP contribution >= 0.6 is 0 Å². The van der Waals surface area contributed by atoms with Gasteiger partial charge in [-0.1, -0.05) is 19.1 Å². The second-order valence-corrected chi connectivity index (χ2v) is 2.71. The summed E-state index contributed by atoms with van der Waals surface area (Å²) in [5, 5.41) is 0. The standard InChI is InChI=1S/C9H16N2O/c1-3-8(9(11)12)6-4-5-7(2)10/h4-6,8H,3,10H2,1-2H3,(H2,11,12)/b6-4-,7-5-. The minimum Gasteiger partial charge on any atom is -0.402 e. The lowest BCUT2D eigenvalue weighted by atomic mass is 10.1.